The van der Waals surface area contributed by atoms with Gasteiger partial charge in [0, 0.05) is 19.1 Å². The van der Waals surface area contributed by atoms with E-state index >= 15 is 0 Å². The summed E-state index contributed by atoms with van der Waals surface area (Å²) >= 11 is 0. The van der Waals surface area contributed by atoms with Crippen molar-refractivity contribution in [3.63, 3.8) is 0 Å². The van der Waals surface area contributed by atoms with Crippen LogP contribution >= 0.6 is 0 Å². The van der Waals surface area contributed by atoms with Crippen molar-refractivity contribution in [1.29, 1.82) is 0 Å². The summed E-state index contributed by atoms with van der Waals surface area (Å²) in [4.78, 5) is 2.47. The third-order valence-corrected chi connectivity index (χ3v) is 3.65. The first kappa shape index (κ1) is 12.0. The van der Waals surface area contributed by atoms with Gasteiger partial charge in [-0.1, -0.05) is 20.3 Å². The Morgan fingerprint density at radius 2 is 1.93 bits per heavy atom. The zero-order valence-electron chi connectivity index (χ0n) is 10.1. The molecule has 0 aromatic rings. The van der Waals surface area contributed by atoms with Crippen molar-refractivity contribution in [2.75, 3.05) is 26.2 Å². The minimum atomic E-state index is 0.735. The molecule has 0 heterocycles. The lowest BCUT2D eigenvalue weighted by Gasteiger charge is -2.32. The molecule has 1 N–H and O–H groups in total. The van der Waals surface area contributed by atoms with Gasteiger partial charge in [0.1, 0.15) is 0 Å². The topological polar surface area (TPSA) is 15.3 Å². The molecule has 0 spiro atoms. The average Bonchev–Trinajstić information content (AvgIpc) is 2.09. The van der Waals surface area contributed by atoms with Crippen molar-refractivity contribution in [1.82, 2.24) is 10.2 Å². The van der Waals surface area contributed by atoms with Gasteiger partial charge in [-0.2, -0.15) is 0 Å². The van der Waals surface area contributed by atoms with Crippen LogP contribution in [0.2, 0.25) is 0 Å². The Bertz CT molecular complexity index is 139. The van der Waals surface area contributed by atoms with Crippen LogP contribution in [0.3, 0.4) is 0 Å². The van der Waals surface area contributed by atoms with Crippen molar-refractivity contribution in [2.45, 2.75) is 46.1 Å². The van der Waals surface area contributed by atoms with E-state index in [1.807, 2.05) is 0 Å². The van der Waals surface area contributed by atoms with E-state index in [-0.39, 0.29) is 0 Å². The normalized spacial score (nSPS) is 19.7. The summed E-state index contributed by atoms with van der Waals surface area (Å²) in [6.45, 7) is 11.5. The second kappa shape index (κ2) is 6.41. The summed E-state index contributed by atoms with van der Waals surface area (Å²) in [5.74, 6) is 0.965. The van der Waals surface area contributed by atoms with Gasteiger partial charge in [-0.15, -0.1) is 0 Å². The highest BCUT2D eigenvalue weighted by atomic mass is 15.1. The van der Waals surface area contributed by atoms with Crippen LogP contribution in [0.25, 0.3) is 0 Å². The third kappa shape index (κ3) is 3.58. The van der Waals surface area contributed by atoms with Crippen molar-refractivity contribution < 1.29 is 0 Å². The molecule has 1 aliphatic carbocycles. The second-order valence-electron chi connectivity index (χ2n) is 4.46. The van der Waals surface area contributed by atoms with Crippen LogP contribution in [-0.2, 0) is 0 Å². The van der Waals surface area contributed by atoms with Gasteiger partial charge in [0.15, 0.2) is 0 Å². The molecule has 2 heteroatoms. The summed E-state index contributed by atoms with van der Waals surface area (Å²) in [6, 6.07) is 0.735. The van der Waals surface area contributed by atoms with E-state index in [2.05, 4.69) is 31.0 Å². The summed E-state index contributed by atoms with van der Waals surface area (Å²) in [6.07, 6.45) is 4.34. The molecule has 1 aliphatic rings. The first-order chi connectivity index (χ1) is 6.77. The van der Waals surface area contributed by atoms with Gasteiger partial charge in [-0.05, 0) is 38.8 Å². The standard InChI is InChI=1S/C12H26N2/c1-4-14(5-2)10-9-13-11(3)12-7-6-8-12/h11-13H,4-10H2,1-3H3. The lowest BCUT2D eigenvalue weighted by atomic mass is 9.80. The summed E-state index contributed by atoms with van der Waals surface area (Å²) in [5.41, 5.74) is 0. The van der Waals surface area contributed by atoms with Gasteiger partial charge in [0.05, 0.1) is 0 Å². The smallest absolute Gasteiger partial charge is 0.0107 e. The zero-order valence-corrected chi connectivity index (χ0v) is 10.1. The SMILES string of the molecule is CCN(CC)CCNC(C)C1CCC1. The van der Waals surface area contributed by atoms with E-state index in [4.69, 9.17) is 0 Å². The molecule has 14 heavy (non-hydrogen) atoms. The zero-order chi connectivity index (χ0) is 10.4. The highest BCUT2D eigenvalue weighted by Crippen LogP contribution is 2.29. The number of hydrogen-bond donors (Lipinski definition) is 1. The minimum Gasteiger partial charge on any atom is -0.313 e. The molecular formula is C12H26N2. The summed E-state index contributed by atoms with van der Waals surface area (Å²) < 4.78 is 0. The number of rotatable bonds is 7. The van der Waals surface area contributed by atoms with E-state index in [0.717, 1.165) is 18.5 Å². The monoisotopic (exact) mass is 198 g/mol. The van der Waals surface area contributed by atoms with Crippen LogP contribution in [0, 0.1) is 5.92 Å². The quantitative estimate of drug-likeness (QED) is 0.674. The highest BCUT2D eigenvalue weighted by molar-refractivity contribution is 4.79. The van der Waals surface area contributed by atoms with Gasteiger partial charge in [-0.25, -0.2) is 0 Å². The molecule has 0 aromatic carbocycles. The highest BCUT2D eigenvalue weighted by Gasteiger charge is 2.22. The van der Waals surface area contributed by atoms with E-state index in [9.17, 15) is 0 Å². The fraction of sp³-hybridized carbons (Fsp3) is 1.00. The van der Waals surface area contributed by atoms with E-state index in [1.54, 1.807) is 0 Å². The predicted octanol–water partition coefficient (Wildman–Crippen LogP) is 2.11. The molecule has 0 aromatic heterocycles. The third-order valence-electron chi connectivity index (χ3n) is 3.65. The fourth-order valence-corrected chi connectivity index (χ4v) is 2.10. The first-order valence-electron chi connectivity index (χ1n) is 6.23. The first-order valence-corrected chi connectivity index (χ1v) is 6.23. The maximum absolute atomic E-state index is 3.64. The molecular weight excluding hydrogens is 172 g/mol. The molecule has 1 saturated carbocycles. The van der Waals surface area contributed by atoms with E-state index < -0.39 is 0 Å². The van der Waals surface area contributed by atoms with Gasteiger partial charge < -0.3 is 10.2 Å². The molecule has 0 radical (unpaired) electrons. The van der Waals surface area contributed by atoms with Gasteiger partial charge in [-0.3, -0.25) is 0 Å². The lowest BCUT2D eigenvalue weighted by Crippen LogP contribution is -2.41. The number of nitrogens with one attached hydrogen (secondary N) is 1. The van der Waals surface area contributed by atoms with Crippen LogP contribution in [0.1, 0.15) is 40.0 Å². The number of hydrogen-bond acceptors (Lipinski definition) is 2. The van der Waals surface area contributed by atoms with Gasteiger partial charge in [0.25, 0.3) is 0 Å². The van der Waals surface area contributed by atoms with Crippen molar-refractivity contribution in [2.24, 2.45) is 5.92 Å². The Hall–Kier alpha value is -0.0800. The molecule has 1 rings (SSSR count). The summed E-state index contributed by atoms with van der Waals surface area (Å²) in [5, 5.41) is 3.64. The molecule has 0 saturated heterocycles. The summed E-state index contributed by atoms with van der Waals surface area (Å²) in [7, 11) is 0. The molecule has 0 amide bonds. The molecule has 2 nitrogen and oxygen atoms in total. The minimum absolute atomic E-state index is 0.735. The van der Waals surface area contributed by atoms with E-state index in [1.165, 1.54) is 38.9 Å². The Morgan fingerprint density at radius 3 is 2.36 bits per heavy atom. The molecule has 0 aliphatic heterocycles. The molecule has 84 valence electrons. The van der Waals surface area contributed by atoms with Gasteiger partial charge >= 0.3 is 0 Å². The van der Waals surface area contributed by atoms with Crippen LogP contribution < -0.4 is 5.32 Å². The van der Waals surface area contributed by atoms with Crippen LogP contribution in [-0.4, -0.2) is 37.1 Å². The molecule has 1 fully saturated rings. The maximum atomic E-state index is 3.64. The van der Waals surface area contributed by atoms with Crippen LogP contribution in [0.5, 0.6) is 0 Å². The van der Waals surface area contributed by atoms with E-state index in [0.29, 0.717) is 0 Å². The Morgan fingerprint density at radius 1 is 1.29 bits per heavy atom. The number of nitrogens with zero attached hydrogens (tertiary/aromatic N) is 1. The van der Waals surface area contributed by atoms with Crippen molar-refractivity contribution in [3.05, 3.63) is 0 Å². The molecule has 0 bridgehead atoms. The number of likely N-dealkylation sites (N-methyl/N-ethyl adjacent to an activating group) is 1. The second-order valence-corrected chi connectivity index (χ2v) is 4.46. The Labute approximate surface area is 89.1 Å². The Balaban J connectivity index is 2.01. The van der Waals surface area contributed by atoms with Crippen molar-refractivity contribution >= 4 is 0 Å². The Kier molecular flexibility index (Phi) is 5.49. The van der Waals surface area contributed by atoms with Crippen LogP contribution in [0.15, 0.2) is 0 Å². The average molecular weight is 198 g/mol. The fourth-order valence-electron chi connectivity index (χ4n) is 2.10. The molecule has 1 unspecified atom stereocenters. The largest absolute Gasteiger partial charge is 0.313 e. The predicted molar refractivity (Wildman–Crippen MR) is 62.6 cm³/mol. The van der Waals surface area contributed by atoms with Crippen molar-refractivity contribution in [3.8, 4) is 0 Å². The van der Waals surface area contributed by atoms with Crippen LogP contribution in [0.4, 0.5) is 0 Å². The van der Waals surface area contributed by atoms with Gasteiger partial charge in [0.2, 0.25) is 0 Å². The molecule has 1 atom stereocenters. The maximum Gasteiger partial charge on any atom is 0.0107 e. The lowest BCUT2D eigenvalue weighted by molar-refractivity contribution is 0.228.